The highest BCUT2D eigenvalue weighted by Crippen LogP contribution is 2.63. The number of rotatable bonds is 4. The minimum Gasteiger partial charge on any atom is -0.458 e. The summed E-state index contributed by atoms with van der Waals surface area (Å²) in [6.45, 7) is 2.43. The Morgan fingerprint density at radius 3 is 2.74 bits per heavy atom. The first-order valence-electron chi connectivity index (χ1n) is 10.7. The van der Waals surface area contributed by atoms with Crippen LogP contribution in [0.4, 0.5) is 5.69 Å². The molecule has 0 bridgehead atoms. The molecule has 1 aliphatic heterocycles. The van der Waals surface area contributed by atoms with Crippen molar-refractivity contribution >= 4 is 22.5 Å². The number of carbonyl (C=O) groups is 1. The van der Waals surface area contributed by atoms with Gasteiger partial charge in [0.05, 0.1) is 5.41 Å². The average Bonchev–Trinajstić information content (AvgIpc) is 3.33. The standard InChI is InChI=1S/C26H24N2O3/c1-25(10-9-22-23(14-25)31-16-30-22)26(11-12-26)24(29)28-18-7-8-21-19(13-18)20(15-27-21)17-5-3-2-4-6-17/h2-10,13,15,27H,11-12,14,16H2,1H3,(H,28,29). The molecule has 0 radical (unpaired) electrons. The third-order valence-electron chi connectivity index (χ3n) is 7.16. The van der Waals surface area contributed by atoms with Gasteiger partial charge in [-0.2, -0.15) is 0 Å². The molecule has 1 amide bonds. The molecule has 1 saturated carbocycles. The van der Waals surface area contributed by atoms with Gasteiger partial charge in [0.15, 0.2) is 5.76 Å². The second-order valence-corrected chi connectivity index (χ2v) is 8.99. The van der Waals surface area contributed by atoms with Crippen molar-refractivity contribution in [1.82, 2.24) is 4.98 Å². The molecule has 156 valence electrons. The van der Waals surface area contributed by atoms with Crippen LogP contribution >= 0.6 is 0 Å². The summed E-state index contributed by atoms with van der Waals surface area (Å²) in [7, 11) is 0. The maximum absolute atomic E-state index is 13.5. The normalized spacial score (nSPS) is 23.3. The number of amides is 1. The molecule has 2 aliphatic carbocycles. The maximum atomic E-state index is 13.5. The summed E-state index contributed by atoms with van der Waals surface area (Å²) in [6, 6.07) is 16.3. The third kappa shape index (κ3) is 2.80. The van der Waals surface area contributed by atoms with Crippen LogP contribution in [-0.2, 0) is 14.3 Å². The number of hydrogen-bond donors (Lipinski definition) is 2. The lowest BCUT2D eigenvalue weighted by Gasteiger charge is -2.36. The van der Waals surface area contributed by atoms with E-state index in [1.165, 1.54) is 0 Å². The molecule has 1 fully saturated rings. The van der Waals surface area contributed by atoms with Gasteiger partial charge < -0.3 is 19.8 Å². The van der Waals surface area contributed by atoms with E-state index in [1.54, 1.807) is 0 Å². The van der Waals surface area contributed by atoms with Gasteiger partial charge in [-0.05, 0) is 42.7 Å². The zero-order chi connectivity index (χ0) is 21.1. The number of nitrogens with one attached hydrogen (secondary N) is 2. The summed E-state index contributed by atoms with van der Waals surface area (Å²) < 4.78 is 11.1. The van der Waals surface area contributed by atoms with E-state index in [2.05, 4.69) is 41.5 Å². The second kappa shape index (κ2) is 6.51. The number of hydrogen-bond acceptors (Lipinski definition) is 3. The second-order valence-electron chi connectivity index (χ2n) is 8.99. The number of fused-ring (bicyclic) bond motifs is 1. The molecule has 1 atom stereocenters. The fourth-order valence-corrected chi connectivity index (χ4v) is 5.06. The molecule has 0 spiro atoms. The van der Waals surface area contributed by atoms with Crippen molar-refractivity contribution in [3.05, 3.63) is 78.4 Å². The van der Waals surface area contributed by atoms with Crippen LogP contribution in [0.3, 0.4) is 0 Å². The minimum atomic E-state index is -0.413. The van der Waals surface area contributed by atoms with Crippen molar-refractivity contribution in [2.24, 2.45) is 10.8 Å². The van der Waals surface area contributed by atoms with Crippen LogP contribution in [-0.4, -0.2) is 17.7 Å². The molecule has 1 aromatic heterocycles. The Balaban J connectivity index is 1.28. The molecule has 2 N–H and O–H groups in total. The Hall–Kier alpha value is -3.47. The van der Waals surface area contributed by atoms with Crippen molar-refractivity contribution in [2.45, 2.75) is 26.2 Å². The van der Waals surface area contributed by atoms with Crippen molar-refractivity contribution in [3.63, 3.8) is 0 Å². The van der Waals surface area contributed by atoms with Gasteiger partial charge in [-0.1, -0.05) is 43.3 Å². The van der Waals surface area contributed by atoms with Crippen molar-refractivity contribution in [3.8, 4) is 11.1 Å². The number of carbonyl (C=O) groups excluding carboxylic acids is 1. The van der Waals surface area contributed by atoms with Crippen molar-refractivity contribution in [2.75, 3.05) is 12.1 Å². The summed E-state index contributed by atoms with van der Waals surface area (Å²) >= 11 is 0. The van der Waals surface area contributed by atoms with E-state index in [9.17, 15) is 4.79 Å². The molecule has 2 aromatic carbocycles. The molecule has 2 heterocycles. The Kier molecular flexibility index (Phi) is 3.85. The van der Waals surface area contributed by atoms with E-state index in [0.29, 0.717) is 6.42 Å². The van der Waals surface area contributed by atoms with Gasteiger partial charge in [0.1, 0.15) is 5.76 Å². The first-order valence-corrected chi connectivity index (χ1v) is 10.7. The van der Waals surface area contributed by atoms with Crippen LogP contribution < -0.4 is 5.32 Å². The Morgan fingerprint density at radius 1 is 1.10 bits per heavy atom. The molecular formula is C26H24N2O3. The minimum absolute atomic E-state index is 0.0822. The van der Waals surface area contributed by atoms with Crippen LogP contribution in [0, 0.1) is 10.8 Å². The lowest BCUT2D eigenvalue weighted by Crippen LogP contribution is -2.39. The molecular weight excluding hydrogens is 388 g/mol. The van der Waals surface area contributed by atoms with Gasteiger partial charge in [-0.15, -0.1) is 0 Å². The van der Waals surface area contributed by atoms with E-state index < -0.39 is 5.41 Å². The van der Waals surface area contributed by atoms with Gasteiger partial charge in [0.25, 0.3) is 0 Å². The third-order valence-corrected chi connectivity index (χ3v) is 7.16. The molecule has 31 heavy (non-hydrogen) atoms. The molecule has 5 nitrogen and oxygen atoms in total. The van der Waals surface area contributed by atoms with Crippen LogP contribution in [0.2, 0.25) is 0 Å². The van der Waals surface area contributed by atoms with Gasteiger partial charge in [-0.25, -0.2) is 0 Å². The molecule has 1 unspecified atom stereocenters. The zero-order valence-corrected chi connectivity index (χ0v) is 17.4. The highest BCUT2D eigenvalue weighted by atomic mass is 16.7. The average molecular weight is 412 g/mol. The molecule has 0 saturated heterocycles. The quantitative estimate of drug-likeness (QED) is 0.575. The molecule has 5 heteroatoms. The Morgan fingerprint density at radius 2 is 1.94 bits per heavy atom. The highest BCUT2D eigenvalue weighted by molar-refractivity contribution is 6.02. The van der Waals surface area contributed by atoms with Gasteiger partial charge >= 0.3 is 0 Å². The van der Waals surface area contributed by atoms with Crippen LogP contribution in [0.1, 0.15) is 26.2 Å². The topological polar surface area (TPSA) is 63.4 Å². The first kappa shape index (κ1) is 18.3. The van der Waals surface area contributed by atoms with Gasteiger partial charge in [0, 0.05) is 40.2 Å². The van der Waals surface area contributed by atoms with E-state index in [0.717, 1.165) is 52.1 Å². The Bertz CT molecular complexity index is 1250. The van der Waals surface area contributed by atoms with Crippen LogP contribution in [0.15, 0.2) is 78.4 Å². The summed E-state index contributed by atoms with van der Waals surface area (Å²) in [6.07, 6.45) is 8.58. The SMILES string of the molecule is CC1(C2(C(=O)Nc3ccc4[nH]cc(-c5ccccc5)c4c3)CC2)C=CC2=C(C1)OCO2. The summed E-state index contributed by atoms with van der Waals surface area (Å²) in [4.78, 5) is 16.8. The van der Waals surface area contributed by atoms with E-state index in [1.807, 2.05) is 42.6 Å². The van der Waals surface area contributed by atoms with E-state index >= 15 is 0 Å². The number of benzene rings is 2. The molecule has 3 aromatic rings. The number of H-pyrrole nitrogens is 1. The van der Waals surface area contributed by atoms with Gasteiger partial charge in [0.2, 0.25) is 12.7 Å². The van der Waals surface area contributed by atoms with Crippen molar-refractivity contribution in [1.29, 1.82) is 0 Å². The fraction of sp³-hybridized carbons (Fsp3) is 0.269. The van der Waals surface area contributed by atoms with Crippen LogP contribution in [0.25, 0.3) is 22.0 Å². The van der Waals surface area contributed by atoms with Gasteiger partial charge in [-0.3, -0.25) is 4.79 Å². The number of aromatic nitrogens is 1. The summed E-state index contributed by atoms with van der Waals surface area (Å²) in [5, 5.41) is 4.31. The predicted octanol–water partition coefficient (Wildman–Crippen LogP) is 5.74. The number of anilines is 1. The molecule has 6 rings (SSSR count). The molecule has 3 aliphatic rings. The number of ether oxygens (including phenoxy) is 2. The first-order chi connectivity index (χ1) is 15.1. The predicted molar refractivity (Wildman–Crippen MR) is 120 cm³/mol. The summed E-state index contributed by atoms with van der Waals surface area (Å²) in [5.74, 6) is 1.75. The van der Waals surface area contributed by atoms with Crippen molar-refractivity contribution < 1.29 is 14.3 Å². The zero-order valence-electron chi connectivity index (χ0n) is 17.4. The number of allylic oxidation sites excluding steroid dienone is 3. The fourth-order valence-electron chi connectivity index (χ4n) is 5.06. The number of aromatic amines is 1. The maximum Gasteiger partial charge on any atom is 0.231 e. The van der Waals surface area contributed by atoms with E-state index in [4.69, 9.17) is 9.47 Å². The summed E-state index contributed by atoms with van der Waals surface area (Å²) in [5.41, 5.74) is 3.47. The smallest absolute Gasteiger partial charge is 0.231 e. The van der Waals surface area contributed by atoms with Crippen LogP contribution in [0.5, 0.6) is 0 Å². The monoisotopic (exact) mass is 412 g/mol. The highest BCUT2D eigenvalue weighted by Gasteiger charge is 2.62. The Labute approximate surface area is 180 Å². The van der Waals surface area contributed by atoms with E-state index in [-0.39, 0.29) is 18.1 Å². The lowest BCUT2D eigenvalue weighted by atomic mass is 9.68. The lowest BCUT2D eigenvalue weighted by molar-refractivity contribution is -0.124. The largest absolute Gasteiger partial charge is 0.458 e.